The minimum Gasteiger partial charge on any atom is -0.550 e. The molecule has 1 aromatic heterocycles. The molecular formula is C94H148N9NaO8S2. The number of nitrogens with zero attached hydrogens (tertiary/aromatic N) is 5. The smallest absolute Gasteiger partial charge is 0.550 e. The van der Waals surface area contributed by atoms with Crippen LogP contribution >= 0.6 is 24.0 Å². The molecule has 114 heavy (non-hydrogen) atoms. The van der Waals surface area contributed by atoms with Crippen molar-refractivity contribution < 1.29 is 68.5 Å². The summed E-state index contributed by atoms with van der Waals surface area (Å²) in [7, 11) is 0. The molecule has 17 nitrogen and oxygen atoms in total. The van der Waals surface area contributed by atoms with Gasteiger partial charge in [0.25, 0.3) is 0 Å². The van der Waals surface area contributed by atoms with Crippen LogP contribution in [0.15, 0.2) is 89.9 Å². The molecule has 7 fully saturated rings. The molecular weight excluding hydrogens is 1470 g/mol. The molecule has 7 saturated carbocycles. The number of anilines is 1. The number of fused-ring (bicyclic) bond motifs is 2. The number of nitrogens with one attached hydrogen (secondary N) is 3. The second kappa shape index (κ2) is 60.1. The van der Waals surface area contributed by atoms with Crippen molar-refractivity contribution >= 4 is 96.6 Å². The number of carboxylic acids is 2. The first-order chi connectivity index (χ1) is 54.8. The van der Waals surface area contributed by atoms with E-state index in [1.54, 1.807) is 0 Å². The second-order valence-corrected chi connectivity index (χ2v) is 33.7. The molecule has 630 valence electrons. The fourth-order valence-electron chi connectivity index (χ4n) is 17.0. The summed E-state index contributed by atoms with van der Waals surface area (Å²) in [6, 6.07) is 28.3. The van der Waals surface area contributed by atoms with Crippen LogP contribution in [0.25, 0.3) is 21.5 Å². The summed E-state index contributed by atoms with van der Waals surface area (Å²) < 4.78 is 2.26. The number of aliphatic carboxylic acids is 2. The number of benzene rings is 4. The fourth-order valence-corrected chi connectivity index (χ4v) is 17.9. The van der Waals surface area contributed by atoms with Gasteiger partial charge in [-0.3, -0.25) is 29.0 Å². The summed E-state index contributed by atoms with van der Waals surface area (Å²) in [5, 5.41) is 41.5. The number of rotatable bonds is 30. The molecule has 1 heterocycles. The zero-order valence-electron chi connectivity index (χ0n) is 72.2. The summed E-state index contributed by atoms with van der Waals surface area (Å²) in [5.41, 5.74) is 7.27. The molecule has 0 spiro atoms. The summed E-state index contributed by atoms with van der Waals surface area (Å²) in [6.07, 6.45) is 49.2. The Morgan fingerprint density at radius 1 is 0.561 bits per heavy atom. The predicted octanol–water partition coefficient (Wildman–Crippen LogP) is 17.3. The molecule has 0 aliphatic heterocycles. The van der Waals surface area contributed by atoms with Crippen molar-refractivity contribution in [3.8, 4) is 0 Å². The molecule has 0 bridgehead atoms. The molecule has 7 aliphatic carbocycles. The standard InChI is InChI=1S/C26H32N4O.C17H17NO2.C12H23NS.C11H21NO.C11H21NS.C9H16O2.C6H15N.C2H4O2.Na/c1-2-30-24(16-15-18-9-4-3-5-10-18)28-29-25(30)21-17-22(21)26(31)27-23-14-8-12-19-11-6-7-13-20(19)23;18-10-17(20)15-9-14(15)16(19)8-12-6-3-5-11-4-1-2-7-13(11)12;1-3-13-12(14-2)10-9-11-7-5-4-6-8-11;2*1-2-12-11(13)9-8-10-6-4-3-5-7-10;10-9(11)7-6-8-4-2-1-3-5-8;1-4-7(5-2)6-3;1-2(3)4;/h6-8,11-14,18,21-22H,2-5,9-10,15-17H2,1H3,(H,27,31);1-7,14-15H,8-10,18H2;11H,3-10H2,1-2H3;2*10H,2-9H2,1H3,(H,12,13);8H,1-7H2,(H,10,11);4-6H2,1-3H3;1H3,(H,3,4);/q;;;;;;;;+1/p-1/t21-,22-;14-,15-;;;;;;;/m10......./s1. The number of aromatic nitrogens is 3. The third-order valence-corrected chi connectivity index (χ3v) is 25.0. The molecule has 7 aliphatic rings. The van der Waals surface area contributed by atoms with Crippen molar-refractivity contribution in [3.63, 3.8) is 0 Å². The van der Waals surface area contributed by atoms with E-state index < -0.39 is 11.9 Å². The molecule has 6 N–H and O–H groups in total. The maximum Gasteiger partial charge on any atom is 1.00 e. The van der Waals surface area contributed by atoms with Crippen LogP contribution in [0.2, 0.25) is 0 Å². The molecule has 4 atom stereocenters. The largest absolute Gasteiger partial charge is 1.00 e. The number of aryl methyl sites for hydroxylation is 1. The average Bonchev–Trinajstić information content (AvgIpc) is 1.61. The Hall–Kier alpha value is -5.41. The Balaban J connectivity index is 0.000000291. The monoisotopic (exact) mass is 1620 g/mol. The Labute approximate surface area is 719 Å². The summed E-state index contributed by atoms with van der Waals surface area (Å²) in [5.74, 6) is 5.16. The minimum absolute atomic E-state index is 0. The van der Waals surface area contributed by atoms with Gasteiger partial charge in [-0.1, -0.05) is 272 Å². The van der Waals surface area contributed by atoms with E-state index >= 15 is 0 Å². The number of hydrogen-bond acceptors (Lipinski definition) is 14. The van der Waals surface area contributed by atoms with Crippen LogP contribution in [0.4, 0.5) is 5.69 Å². The third-order valence-electron chi connectivity index (χ3n) is 23.9. The van der Waals surface area contributed by atoms with E-state index in [4.69, 9.17) is 33.0 Å². The van der Waals surface area contributed by atoms with Crippen LogP contribution in [0, 0.1) is 47.3 Å². The first kappa shape index (κ1) is 101. The number of carboxylic acid groups (broad SMARTS) is 2. The van der Waals surface area contributed by atoms with Gasteiger partial charge in [0.05, 0.1) is 16.6 Å². The number of thioether (sulfide) groups is 1. The maximum absolute atomic E-state index is 13.0. The molecule has 12 rings (SSSR count). The Bertz CT molecular complexity index is 3500. The number of carbonyl (C=O) groups is 6. The van der Waals surface area contributed by atoms with Gasteiger partial charge in [0.2, 0.25) is 11.8 Å². The molecule has 4 aromatic carbocycles. The number of Topliss-reactive ketones (excluding diaryl/α,β-unsaturated/α-hetero) is 2. The first-order valence-electron chi connectivity index (χ1n) is 44.5. The molecule has 5 aromatic rings. The molecule has 20 heteroatoms. The van der Waals surface area contributed by atoms with E-state index in [0.29, 0.717) is 25.2 Å². The molecule has 0 unspecified atom stereocenters. The Kier molecular flexibility index (Phi) is 53.2. The van der Waals surface area contributed by atoms with Crippen LogP contribution in [0.3, 0.4) is 0 Å². The molecule has 0 saturated heterocycles. The van der Waals surface area contributed by atoms with E-state index in [1.807, 2.05) is 85.4 Å². The van der Waals surface area contributed by atoms with E-state index in [1.165, 1.54) is 211 Å². The van der Waals surface area contributed by atoms with Gasteiger partial charge < -0.3 is 46.2 Å². The SMILES string of the molecule is CC(=O)[O-].CCN(CC)CC.CCN=C(CCC1CCCCC1)SC.CCNC(=O)CCC1CCCCC1.CCNC(=S)CCC1CCCCC1.CCn1c(CCC2CCCCC2)nnc1[C@@H]1C[C@H]1C(=O)Nc1cccc2ccccc12.NCC(=O)[C@H]1C[C@@H]1C(=O)Cc1cccc2ccccc12.O=C(O)CCC1CCCCC1.[Na+]. The number of carbonyl (C=O) groups excluding carboxylic acids is 5. The van der Waals surface area contributed by atoms with Gasteiger partial charge in [-0.2, -0.15) is 0 Å². The van der Waals surface area contributed by atoms with Crippen LogP contribution in [0.1, 0.15) is 310 Å². The first-order valence-corrected chi connectivity index (χ1v) is 46.1. The van der Waals surface area contributed by atoms with Crippen LogP contribution in [0.5, 0.6) is 0 Å². The summed E-state index contributed by atoms with van der Waals surface area (Å²) >= 11 is 7.04. The van der Waals surface area contributed by atoms with Gasteiger partial charge in [-0.25, -0.2) is 0 Å². The van der Waals surface area contributed by atoms with E-state index in [9.17, 15) is 24.0 Å². The van der Waals surface area contributed by atoms with Crippen molar-refractivity contribution in [2.24, 2.45) is 58.1 Å². The van der Waals surface area contributed by atoms with Crippen molar-refractivity contribution in [1.29, 1.82) is 0 Å². The van der Waals surface area contributed by atoms with Crippen molar-refractivity contribution in [2.45, 2.75) is 312 Å². The number of hydrogen-bond donors (Lipinski definition) is 5. The van der Waals surface area contributed by atoms with Crippen LogP contribution in [-0.4, -0.2) is 122 Å². The summed E-state index contributed by atoms with van der Waals surface area (Å²) in [6.45, 7) is 23.1. The fraction of sp³-hybridized carbons (Fsp3) is 0.681. The van der Waals surface area contributed by atoms with Crippen molar-refractivity contribution in [1.82, 2.24) is 30.3 Å². The second-order valence-electron chi connectivity index (χ2n) is 32.3. The van der Waals surface area contributed by atoms with Gasteiger partial charge in [0.15, 0.2) is 0 Å². The van der Waals surface area contributed by atoms with Crippen LogP contribution in [-0.2, 0) is 48.2 Å². The minimum atomic E-state index is -1.08. The average molecular weight is 1620 g/mol. The third kappa shape index (κ3) is 40.4. The molecule has 0 radical (unpaired) electrons. The maximum atomic E-state index is 13.0. The zero-order chi connectivity index (χ0) is 82.0. The zero-order valence-corrected chi connectivity index (χ0v) is 75.9. The van der Waals surface area contributed by atoms with Gasteiger partial charge >= 0.3 is 35.5 Å². The number of nitrogens with two attached hydrogens (primary N) is 1. The topological polar surface area (TPSA) is 254 Å². The van der Waals surface area contributed by atoms with E-state index in [-0.39, 0.29) is 83.2 Å². The normalized spacial score (nSPS) is 18.9. The number of aliphatic imine (C=N–C) groups is 1. The van der Waals surface area contributed by atoms with E-state index in [2.05, 4.69) is 107 Å². The van der Waals surface area contributed by atoms with Crippen molar-refractivity contribution in [2.75, 3.05) is 57.4 Å². The Morgan fingerprint density at radius 2 is 1.01 bits per heavy atom. The van der Waals surface area contributed by atoms with Crippen LogP contribution < -0.4 is 56.3 Å². The van der Waals surface area contributed by atoms with Crippen molar-refractivity contribution in [3.05, 3.63) is 102 Å². The molecule has 2 amide bonds. The summed E-state index contributed by atoms with van der Waals surface area (Å²) in [4.78, 5) is 75.0. The van der Waals surface area contributed by atoms with Gasteiger partial charge in [0, 0.05) is 92.6 Å². The predicted molar refractivity (Wildman–Crippen MR) is 474 cm³/mol. The van der Waals surface area contributed by atoms with Gasteiger partial charge in [-0.15, -0.1) is 22.0 Å². The van der Waals surface area contributed by atoms with E-state index in [0.717, 1.165) is 145 Å². The number of amides is 2. The van der Waals surface area contributed by atoms with Gasteiger partial charge in [0.1, 0.15) is 23.2 Å². The van der Waals surface area contributed by atoms with Gasteiger partial charge in [-0.05, 0) is 176 Å². The number of ketones is 2. The number of thiocarbonyl (C=S) groups is 1. The Morgan fingerprint density at radius 3 is 1.47 bits per heavy atom. The quantitative estimate of drug-likeness (QED) is 0.0124.